The van der Waals surface area contributed by atoms with Gasteiger partial charge in [0.1, 0.15) is 10.7 Å². The molecule has 1 aliphatic carbocycles. The lowest BCUT2D eigenvalue weighted by Gasteiger charge is -2.24. The summed E-state index contributed by atoms with van der Waals surface area (Å²) in [6, 6.07) is 16.1. The maximum atomic E-state index is 12.4. The topological polar surface area (TPSA) is 92.3 Å². The van der Waals surface area contributed by atoms with Crippen LogP contribution in [0.1, 0.15) is 23.6 Å². The van der Waals surface area contributed by atoms with E-state index >= 15 is 0 Å². The van der Waals surface area contributed by atoms with Crippen LogP contribution in [0.4, 0.5) is 0 Å². The van der Waals surface area contributed by atoms with E-state index in [0.717, 1.165) is 33.7 Å². The summed E-state index contributed by atoms with van der Waals surface area (Å²) in [5.41, 5.74) is 4.93. The first kappa shape index (κ1) is 19.3. The second kappa shape index (κ2) is 7.65. The molecule has 0 bridgehead atoms. The number of rotatable bonds is 5. The molecular weight excluding hydrogens is 424 g/mol. The Kier molecular flexibility index (Phi) is 4.62. The smallest absolute Gasteiger partial charge is 0.277 e. The molecule has 2 unspecified atom stereocenters. The van der Waals surface area contributed by atoms with Crippen LogP contribution in [0.15, 0.2) is 58.4 Å². The van der Waals surface area contributed by atoms with Crippen LogP contribution >= 0.6 is 11.3 Å². The van der Waals surface area contributed by atoms with Crippen molar-refractivity contribution in [3.8, 4) is 33.5 Å². The van der Waals surface area contributed by atoms with Gasteiger partial charge in [-0.15, -0.1) is 11.3 Å². The van der Waals surface area contributed by atoms with Gasteiger partial charge in [0.15, 0.2) is 0 Å². The average molecular weight is 445 g/mol. The Morgan fingerprint density at radius 1 is 1.09 bits per heavy atom. The van der Waals surface area contributed by atoms with Crippen molar-refractivity contribution in [2.45, 2.75) is 18.9 Å². The zero-order chi connectivity index (χ0) is 21.7. The van der Waals surface area contributed by atoms with Crippen molar-refractivity contribution in [1.82, 2.24) is 20.0 Å². The number of aromatic nitrogens is 3. The molecule has 1 saturated heterocycles. The number of amides is 1. The van der Waals surface area contributed by atoms with Gasteiger partial charge in [-0.1, -0.05) is 53.7 Å². The SMILES string of the molecule is O=C1CC2Cc3c(-c4noc(-c5csc(-c6ccccc6)n5)n4)cccc3C2N1CCO. The zero-order valence-corrected chi connectivity index (χ0v) is 18.0. The number of benzene rings is 2. The van der Waals surface area contributed by atoms with Crippen LogP contribution in [0.3, 0.4) is 0 Å². The Hall–Kier alpha value is -3.36. The third-order valence-corrected chi connectivity index (χ3v) is 7.18. The fraction of sp³-hybridized carbons (Fsp3) is 0.250. The van der Waals surface area contributed by atoms with Crippen molar-refractivity contribution < 1.29 is 14.4 Å². The fourth-order valence-corrected chi connectivity index (χ4v) is 5.74. The van der Waals surface area contributed by atoms with Gasteiger partial charge in [0, 0.05) is 29.5 Å². The Morgan fingerprint density at radius 3 is 2.81 bits per heavy atom. The number of carbonyl (C=O) groups is 1. The molecule has 2 aromatic carbocycles. The molecule has 2 atom stereocenters. The van der Waals surface area contributed by atoms with Gasteiger partial charge in [0.2, 0.25) is 11.7 Å². The molecule has 0 radical (unpaired) electrons. The average Bonchev–Trinajstić information content (AvgIpc) is 3.59. The molecule has 1 fully saturated rings. The number of likely N-dealkylation sites (tertiary alicyclic amines) is 1. The molecule has 2 aliphatic rings. The van der Waals surface area contributed by atoms with Crippen molar-refractivity contribution >= 4 is 17.2 Å². The minimum atomic E-state index is -0.0310. The monoisotopic (exact) mass is 444 g/mol. The van der Waals surface area contributed by atoms with E-state index in [-0.39, 0.29) is 24.5 Å². The molecule has 0 spiro atoms. The van der Waals surface area contributed by atoms with Crippen LogP contribution in [0.2, 0.25) is 0 Å². The zero-order valence-electron chi connectivity index (χ0n) is 17.1. The Bertz CT molecular complexity index is 1300. The van der Waals surface area contributed by atoms with Crippen molar-refractivity contribution in [2.24, 2.45) is 5.92 Å². The first-order valence-corrected chi connectivity index (χ1v) is 11.5. The number of aliphatic hydroxyl groups excluding tert-OH is 1. The normalized spacial score (nSPS) is 19.4. The molecule has 1 N–H and O–H groups in total. The highest BCUT2D eigenvalue weighted by Crippen LogP contribution is 2.49. The summed E-state index contributed by atoms with van der Waals surface area (Å²) in [6.45, 7) is 0.334. The van der Waals surface area contributed by atoms with E-state index in [1.807, 2.05) is 52.7 Å². The van der Waals surface area contributed by atoms with Crippen LogP contribution in [0, 0.1) is 5.92 Å². The van der Waals surface area contributed by atoms with Crippen LogP contribution in [-0.4, -0.2) is 44.2 Å². The van der Waals surface area contributed by atoms with Gasteiger partial charge in [-0.25, -0.2) is 4.98 Å². The summed E-state index contributed by atoms with van der Waals surface area (Å²) in [6.07, 6.45) is 1.31. The van der Waals surface area contributed by atoms with E-state index in [2.05, 4.69) is 21.2 Å². The molecule has 0 saturated carbocycles. The maximum absolute atomic E-state index is 12.4. The number of thiazole rings is 1. The van der Waals surface area contributed by atoms with E-state index < -0.39 is 0 Å². The maximum Gasteiger partial charge on any atom is 0.277 e. The summed E-state index contributed by atoms with van der Waals surface area (Å²) >= 11 is 1.54. The van der Waals surface area contributed by atoms with Crippen LogP contribution in [0.25, 0.3) is 33.5 Å². The standard InChI is InChI=1S/C24H20N4O3S/c29-10-9-28-20(30)12-15-11-18-16(21(15)28)7-4-8-17(18)22-26-23(31-27-22)19-13-32-24(25-19)14-5-2-1-3-6-14/h1-8,13,15,21,29H,9-12H2. The second-order valence-electron chi connectivity index (χ2n) is 8.12. The highest BCUT2D eigenvalue weighted by Gasteiger charge is 2.46. The molecule has 7 nitrogen and oxygen atoms in total. The molecule has 4 aromatic rings. The van der Waals surface area contributed by atoms with Gasteiger partial charge >= 0.3 is 0 Å². The lowest BCUT2D eigenvalue weighted by Crippen LogP contribution is -2.30. The largest absolute Gasteiger partial charge is 0.395 e. The van der Waals surface area contributed by atoms with E-state index in [1.54, 1.807) is 11.3 Å². The third-order valence-electron chi connectivity index (χ3n) is 6.29. The Morgan fingerprint density at radius 2 is 1.97 bits per heavy atom. The van der Waals surface area contributed by atoms with Gasteiger partial charge in [-0.05, 0) is 23.5 Å². The number of fused-ring (bicyclic) bond motifs is 3. The van der Waals surface area contributed by atoms with Crippen molar-refractivity contribution in [3.63, 3.8) is 0 Å². The van der Waals surface area contributed by atoms with Gasteiger partial charge in [-0.2, -0.15) is 4.98 Å². The summed E-state index contributed by atoms with van der Waals surface area (Å²) in [5, 5.41) is 16.5. The van der Waals surface area contributed by atoms with E-state index in [1.165, 1.54) is 0 Å². The molecular formula is C24H20N4O3S. The molecule has 1 aliphatic heterocycles. The molecule has 160 valence electrons. The van der Waals surface area contributed by atoms with Crippen LogP contribution in [0.5, 0.6) is 0 Å². The highest BCUT2D eigenvalue weighted by atomic mass is 32.1. The van der Waals surface area contributed by atoms with Gasteiger partial charge in [-0.3, -0.25) is 4.79 Å². The number of carbonyl (C=O) groups excluding carboxylic acids is 1. The molecule has 1 amide bonds. The van der Waals surface area contributed by atoms with Crippen molar-refractivity contribution in [3.05, 3.63) is 65.0 Å². The van der Waals surface area contributed by atoms with E-state index in [9.17, 15) is 9.90 Å². The van der Waals surface area contributed by atoms with Gasteiger partial charge < -0.3 is 14.5 Å². The Labute approximate surface area is 188 Å². The third kappa shape index (κ3) is 3.06. The number of hydrogen-bond acceptors (Lipinski definition) is 7. The highest BCUT2D eigenvalue weighted by molar-refractivity contribution is 7.13. The first-order chi connectivity index (χ1) is 15.7. The predicted octanol–water partition coefficient (Wildman–Crippen LogP) is 3.97. The minimum Gasteiger partial charge on any atom is -0.395 e. The molecule has 32 heavy (non-hydrogen) atoms. The van der Waals surface area contributed by atoms with Crippen LogP contribution in [-0.2, 0) is 11.2 Å². The summed E-state index contributed by atoms with van der Waals surface area (Å²) in [4.78, 5) is 23.5. The Balaban J connectivity index is 1.33. The minimum absolute atomic E-state index is 0.0166. The molecule has 6 rings (SSSR count). The lowest BCUT2D eigenvalue weighted by molar-refractivity contribution is -0.129. The second-order valence-corrected chi connectivity index (χ2v) is 8.98. The number of nitrogens with zero attached hydrogens (tertiary/aromatic N) is 4. The van der Waals surface area contributed by atoms with E-state index in [4.69, 9.17) is 4.52 Å². The molecule has 8 heteroatoms. The lowest BCUT2D eigenvalue weighted by atomic mass is 10.0. The van der Waals surface area contributed by atoms with E-state index in [0.29, 0.717) is 30.4 Å². The molecule has 3 heterocycles. The van der Waals surface area contributed by atoms with Crippen molar-refractivity contribution in [1.29, 1.82) is 0 Å². The number of aliphatic hydroxyl groups is 1. The number of hydrogen-bond donors (Lipinski definition) is 1. The summed E-state index contributed by atoms with van der Waals surface area (Å²) in [7, 11) is 0. The summed E-state index contributed by atoms with van der Waals surface area (Å²) in [5.74, 6) is 1.27. The van der Waals surface area contributed by atoms with Gasteiger partial charge in [0.05, 0.1) is 12.6 Å². The first-order valence-electron chi connectivity index (χ1n) is 10.6. The fourth-order valence-electron chi connectivity index (χ4n) is 4.94. The summed E-state index contributed by atoms with van der Waals surface area (Å²) < 4.78 is 5.57. The van der Waals surface area contributed by atoms with Crippen molar-refractivity contribution in [2.75, 3.05) is 13.2 Å². The number of β-amino-alcohol motifs (C(OH)–C–C–N with tert-alkyl or cyclic N) is 1. The van der Waals surface area contributed by atoms with Gasteiger partial charge in [0.25, 0.3) is 5.89 Å². The van der Waals surface area contributed by atoms with Crippen LogP contribution < -0.4 is 0 Å². The quantitative estimate of drug-likeness (QED) is 0.501. The predicted molar refractivity (Wildman–Crippen MR) is 120 cm³/mol. The molecule has 2 aromatic heterocycles.